The fourth-order valence-corrected chi connectivity index (χ4v) is 1.05. The Morgan fingerprint density at radius 3 is 2.83 bits per heavy atom. The van der Waals surface area contributed by atoms with Crippen LogP contribution in [0.5, 0.6) is 0 Å². The van der Waals surface area contributed by atoms with Gasteiger partial charge in [-0.05, 0) is 26.1 Å². The van der Waals surface area contributed by atoms with Gasteiger partial charge in [0, 0.05) is 24.4 Å². The van der Waals surface area contributed by atoms with E-state index >= 15 is 0 Å². The first-order chi connectivity index (χ1) is 5.70. The summed E-state index contributed by atoms with van der Waals surface area (Å²) in [5, 5.41) is 0. The highest BCUT2D eigenvalue weighted by molar-refractivity contribution is 6.04. The van der Waals surface area contributed by atoms with Gasteiger partial charge in [-0.15, -0.1) is 0 Å². The van der Waals surface area contributed by atoms with Crippen LogP contribution in [0.3, 0.4) is 0 Å². The Hall–Kier alpha value is -0.673. The summed E-state index contributed by atoms with van der Waals surface area (Å²) < 4.78 is 2.01. The van der Waals surface area contributed by atoms with Gasteiger partial charge >= 0.3 is 0 Å². The summed E-state index contributed by atoms with van der Waals surface area (Å²) in [5.74, 6) is 0. The molecule has 0 aliphatic heterocycles. The highest BCUT2D eigenvalue weighted by Crippen LogP contribution is 2.01. The Morgan fingerprint density at radius 1 is 1.58 bits per heavy atom. The zero-order chi connectivity index (χ0) is 8.97. The molecule has 0 saturated carbocycles. The fourth-order valence-electron chi connectivity index (χ4n) is 0.958. The Kier molecular flexibility index (Phi) is 3.43. The van der Waals surface area contributed by atoms with E-state index in [0.717, 1.165) is 12.1 Å². The summed E-state index contributed by atoms with van der Waals surface area (Å²) in [6.07, 6.45) is 2.80. The Morgan fingerprint density at radius 2 is 2.33 bits per heavy atom. The molecule has 0 spiro atoms. The van der Waals surface area contributed by atoms with E-state index in [0.29, 0.717) is 6.04 Å². The maximum Gasteiger partial charge on any atom is 0.143 e. The van der Waals surface area contributed by atoms with Crippen LogP contribution in [0.4, 0.5) is 0 Å². The molecule has 12 heavy (non-hydrogen) atoms. The van der Waals surface area contributed by atoms with Crippen molar-refractivity contribution in [3.8, 4) is 0 Å². The van der Waals surface area contributed by atoms with E-state index in [1.54, 1.807) is 0 Å². The normalized spacial score (nSPS) is 13.3. The van der Waals surface area contributed by atoms with Crippen molar-refractivity contribution in [2.24, 2.45) is 0 Å². The standard InChI is InChI=1S/C9H13N2Si/c1-8(11(2)12)7-9-5-3-4-6-10-9/h3-6,8H,7H2,1-2H3. The second-order valence-corrected chi connectivity index (χ2v) is 3.69. The first-order valence-electron chi connectivity index (χ1n) is 4.04. The molecule has 0 N–H and O–H groups in total. The smallest absolute Gasteiger partial charge is 0.143 e. The third-order valence-electron chi connectivity index (χ3n) is 1.89. The lowest BCUT2D eigenvalue weighted by Gasteiger charge is -2.18. The van der Waals surface area contributed by atoms with Gasteiger partial charge in [0.2, 0.25) is 0 Å². The molecule has 1 heterocycles. The average molecular weight is 177 g/mol. The van der Waals surface area contributed by atoms with Gasteiger partial charge in [-0.1, -0.05) is 6.07 Å². The fraction of sp³-hybridized carbons (Fsp3) is 0.444. The molecule has 0 amide bonds. The van der Waals surface area contributed by atoms with Crippen LogP contribution in [0, 0.1) is 0 Å². The Balaban J connectivity index is 2.53. The zero-order valence-electron chi connectivity index (χ0n) is 7.49. The molecule has 3 radical (unpaired) electrons. The van der Waals surface area contributed by atoms with Crippen molar-refractivity contribution < 1.29 is 0 Å². The molecular formula is C9H13N2Si. The Bertz CT molecular complexity index is 223. The number of nitrogens with zero attached hydrogens (tertiary/aromatic N) is 2. The first-order valence-corrected chi connectivity index (χ1v) is 4.49. The van der Waals surface area contributed by atoms with Crippen molar-refractivity contribution >= 4 is 10.4 Å². The predicted octanol–water partition coefficient (Wildman–Crippen LogP) is 1.03. The van der Waals surface area contributed by atoms with Crippen molar-refractivity contribution in [1.82, 2.24) is 9.55 Å². The number of hydrogen-bond donors (Lipinski definition) is 0. The molecule has 63 valence electrons. The van der Waals surface area contributed by atoms with E-state index in [9.17, 15) is 0 Å². The molecule has 0 aromatic carbocycles. The summed E-state index contributed by atoms with van der Waals surface area (Å²) in [4.78, 5) is 4.25. The maximum absolute atomic E-state index is 4.25. The number of pyridine rings is 1. The van der Waals surface area contributed by atoms with Crippen molar-refractivity contribution in [3.05, 3.63) is 30.1 Å². The van der Waals surface area contributed by atoms with E-state index < -0.39 is 0 Å². The SMILES string of the molecule is CC(Cc1ccccn1)N(C)[Si]. The molecule has 1 unspecified atom stereocenters. The van der Waals surface area contributed by atoms with Crippen LogP contribution in [-0.4, -0.2) is 33.0 Å². The molecule has 3 heteroatoms. The van der Waals surface area contributed by atoms with Crippen molar-refractivity contribution in [2.45, 2.75) is 19.4 Å². The summed E-state index contributed by atoms with van der Waals surface area (Å²) >= 11 is 0. The van der Waals surface area contributed by atoms with E-state index in [4.69, 9.17) is 0 Å². The van der Waals surface area contributed by atoms with Crippen LogP contribution in [0.1, 0.15) is 12.6 Å². The molecule has 1 aromatic heterocycles. The molecule has 1 aromatic rings. The van der Waals surface area contributed by atoms with Gasteiger partial charge in [0.25, 0.3) is 0 Å². The van der Waals surface area contributed by atoms with Crippen LogP contribution in [0.15, 0.2) is 24.4 Å². The molecule has 2 nitrogen and oxygen atoms in total. The first kappa shape index (κ1) is 9.42. The number of hydrogen-bond acceptors (Lipinski definition) is 2. The van der Waals surface area contributed by atoms with Gasteiger partial charge in [-0.25, -0.2) is 0 Å². The van der Waals surface area contributed by atoms with Gasteiger partial charge < -0.3 is 4.57 Å². The highest BCUT2D eigenvalue weighted by Gasteiger charge is 2.05. The lowest BCUT2D eigenvalue weighted by Crippen LogP contribution is -2.28. The van der Waals surface area contributed by atoms with Gasteiger partial charge in [0.1, 0.15) is 10.4 Å². The topological polar surface area (TPSA) is 16.1 Å². The van der Waals surface area contributed by atoms with Crippen LogP contribution in [-0.2, 0) is 6.42 Å². The summed E-state index contributed by atoms with van der Waals surface area (Å²) in [5.41, 5.74) is 1.13. The number of likely N-dealkylation sites (N-methyl/N-ethyl adjacent to an activating group) is 1. The minimum atomic E-state index is 0.469. The molecule has 0 aliphatic carbocycles. The van der Waals surface area contributed by atoms with Crippen LogP contribution in [0.2, 0.25) is 0 Å². The van der Waals surface area contributed by atoms with E-state index in [2.05, 4.69) is 22.3 Å². The van der Waals surface area contributed by atoms with Gasteiger partial charge in [0.15, 0.2) is 0 Å². The molecule has 0 aliphatic rings. The lowest BCUT2D eigenvalue weighted by atomic mass is 10.2. The minimum absolute atomic E-state index is 0.469. The van der Waals surface area contributed by atoms with Crippen molar-refractivity contribution in [2.75, 3.05) is 7.05 Å². The molecule has 0 bridgehead atoms. The third kappa shape index (κ3) is 2.75. The van der Waals surface area contributed by atoms with E-state index in [-0.39, 0.29) is 0 Å². The van der Waals surface area contributed by atoms with Gasteiger partial charge in [0.05, 0.1) is 0 Å². The third-order valence-corrected chi connectivity index (χ3v) is 2.33. The van der Waals surface area contributed by atoms with Crippen LogP contribution < -0.4 is 0 Å². The predicted molar refractivity (Wildman–Crippen MR) is 50.9 cm³/mol. The lowest BCUT2D eigenvalue weighted by molar-refractivity contribution is 0.415. The van der Waals surface area contributed by atoms with Gasteiger partial charge in [-0.2, -0.15) is 0 Å². The second kappa shape index (κ2) is 4.38. The molecule has 1 atom stereocenters. The molecule has 1 rings (SSSR count). The van der Waals surface area contributed by atoms with Crippen molar-refractivity contribution in [1.29, 1.82) is 0 Å². The minimum Gasteiger partial charge on any atom is -0.327 e. The highest BCUT2D eigenvalue weighted by atomic mass is 28.2. The van der Waals surface area contributed by atoms with Gasteiger partial charge in [-0.3, -0.25) is 4.98 Å². The average Bonchev–Trinajstić information content (AvgIpc) is 2.06. The van der Waals surface area contributed by atoms with Crippen LogP contribution in [0.25, 0.3) is 0 Å². The number of rotatable bonds is 3. The van der Waals surface area contributed by atoms with E-state index in [1.165, 1.54) is 0 Å². The second-order valence-electron chi connectivity index (χ2n) is 2.99. The summed E-state index contributed by atoms with van der Waals surface area (Å²) in [7, 11) is 5.46. The van der Waals surface area contributed by atoms with Crippen LogP contribution >= 0.6 is 0 Å². The molecule has 0 fully saturated rings. The summed E-state index contributed by atoms with van der Waals surface area (Å²) in [6, 6.07) is 6.47. The monoisotopic (exact) mass is 177 g/mol. The zero-order valence-corrected chi connectivity index (χ0v) is 8.49. The van der Waals surface area contributed by atoms with E-state index in [1.807, 2.05) is 36.0 Å². The quantitative estimate of drug-likeness (QED) is 0.641. The largest absolute Gasteiger partial charge is 0.327 e. The Labute approximate surface area is 77.1 Å². The maximum atomic E-state index is 4.25. The summed E-state index contributed by atoms with van der Waals surface area (Å²) in [6.45, 7) is 2.15. The van der Waals surface area contributed by atoms with Crippen molar-refractivity contribution in [3.63, 3.8) is 0 Å². The molecule has 0 saturated heterocycles. The number of aromatic nitrogens is 1. The molecular weight excluding hydrogens is 164 g/mol.